The summed E-state index contributed by atoms with van der Waals surface area (Å²) < 4.78 is 0. The first-order valence-electron chi connectivity index (χ1n) is 8.98. The van der Waals surface area contributed by atoms with Gasteiger partial charge in [0.15, 0.2) is 0 Å². The van der Waals surface area contributed by atoms with Gasteiger partial charge in [-0.2, -0.15) is 0 Å². The molecular formula is C22H22N2O. The Morgan fingerprint density at radius 1 is 0.960 bits per heavy atom. The second kappa shape index (κ2) is 6.67. The lowest BCUT2D eigenvalue weighted by Gasteiger charge is -2.27. The summed E-state index contributed by atoms with van der Waals surface area (Å²) in [5.74, 6) is 0.131. The van der Waals surface area contributed by atoms with E-state index in [1.165, 1.54) is 12.0 Å². The number of carbonyl (C=O) groups is 1. The number of likely N-dealkylation sites (tertiary alicyclic amines) is 1. The summed E-state index contributed by atoms with van der Waals surface area (Å²) >= 11 is 0. The van der Waals surface area contributed by atoms with Crippen LogP contribution in [0.2, 0.25) is 0 Å². The number of hydrogen-bond acceptors (Lipinski definition) is 2. The molecule has 25 heavy (non-hydrogen) atoms. The number of fused-ring (bicyclic) bond motifs is 1. The lowest BCUT2D eigenvalue weighted by molar-refractivity contribution is 0.0726. The van der Waals surface area contributed by atoms with Crippen LogP contribution in [-0.4, -0.2) is 28.9 Å². The number of nitrogens with zero attached hydrogens (tertiary/aromatic N) is 2. The molecule has 0 spiro atoms. The number of aryl methyl sites for hydroxylation is 1. The summed E-state index contributed by atoms with van der Waals surface area (Å²) in [6, 6.07) is 18.2. The Morgan fingerprint density at radius 3 is 2.44 bits per heavy atom. The topological polar surface area (TPSA) is 33.2 Å². The molecular weight excluding hydrogens is 308 g/mol. The average molecular weight is 330 g/mol. The predicted molar refractivity (Wildman–Crippen MR) is 102 cm³/mol. The van der Waals surface area contributed by atoms with Crippen molar-refractivity contribution in [1.82, 2.24) is 9.88 Å². The van der Waals surface area contributed by atoms with E-state index >= 15 is 0 Å². The van der Waals surface area contributed by atoms with Crippen LogP contribution in [0, 0.1) is 6.92 Å². The molecule has 3 nitrogen and oxygen atoms in total. The molecule has 1 aliphatic heterocycles. The first kappa shape index (κ1) is 15.8. The van der Waals surface area contributed by atoms with E-state index in [9.17, 15) is 4.79 Å². The molecule has 1 saturated heterocycles. The van der Waals surface area contributed by atoms with Crippen molar-refractivity contribution >= 4 is 16.8 Å². The van der Waals surface area contributed by atoms with E-state index < -0.39 is 0 Å². The van der Waals surface area contributed by atoms with E-state index in [2.05, 4.69) is 31.2 Å². The molecule has 1 aliphatic rings. The Morgan fingerprint density at radius 2 is 1.68 bits per heavy atom. The minimum absolute atomic E-state index is 0.131. The zero-order chi connectivity index (χ0) is 17.2. The van der Waals surface area contributed by atoms with Gasteiger partial charge in [-0.25, -0.2) is 4.98 Å². The second-order valence-electron chi connectivity index (χ2n) is 6.79. The minimum atomic E-state index is 0.131. The zero-order valence-corrected chi connectivity index (χ0v) is 14.5. The van der Waals surface area contributed by atoms with Gasteiger partial charge in [-0.3, -0.25) is 4.79 Å². The molecule has 126 valence electrons. The van der Waals surface area contributed by atoms with Gasteiger partial charge in [0.25, 0.3) is 5.91 Å². The smallest absolute Gasteiger partial charge is 0.254 e. The van der Waals surface area contributed by atoms with Crippen molar-refractivity contribution in [1.29, 1.82) is 0 Å². The maximum Gasteiger partial charge on any atom is 0.254 e. The summed E-state index contributed by atoms with van der Waals surface area (Å²) in [7, 11) is 0. The van der Waals surface area contributed by atoms with E-state index in [1.54, 1.807) is 0 Å². The number of aromatic nitrogens is 1. The molecule has 0 atom stereocenters. The number of pyridine rings is 1. The molecule has 0 radical (unpaired) electrons. The molecule has 1 aromatic heterocycles. The normalized spacial score (nSPS) is 14.7. The number of piperidine rings is 1. The van der Waals surface area contributed by atoms with Crippen molar-refractivity contribution in [2.24, 2.45) is 0 Å². The van der Waals surface area contributed by atoms with Crippen LogP contribution < -0.4 is 0 Å². The number of benzene rings is 2. The summed E-state index contributed by atoms with van der Waals surface area (Å²) in [5.41, 5.74) is 4.77. The molecule has 0 saturated carbocycles. The van der Waals surface area contributed by atoms with E-state index in [0.29, 0.717) is 0 Å². The number of para-hydroxylation sites is 1. The molecule has 0 unspecified atom stereocenters. The zero-order valence-electron chi connectivity index (χ0n) is 14.5. The van der Waals surface area contributed by atoms with Crippen molar-refractivity contribution in [3.63, 3.8) is 0 Å². The Balaban J connectivity index is 1.83. The van der Waals surface area contributed by atoms with E-state index in [0.717, 1.165) is 53.7 Å². The lowest BCUT2D eigenvalue weighted by atomic mass is 10.0. The third kappa shape index (κ3) is 3.14. The van der Waals surface area contributed by atoms with Crippen molar-refractivity contribution in [2.45, 2.75) is 26.2 Å². The van der Waals surface area contributed by atoms with Crippen molar-refractivity contribution in [2.75, 3.05) is 13.1 Å². The quantitative estimate of drug-likeness (QED) is 0.674. The van der Waals surface area contributed by atoms with Gasteiger partial charge >= 0.3 is 0 Å². The van der Waals surface area contributed by atoms with Gasteiger partial charge in [0, 0.05) is 24.0 Å². The molecule has 1 amide bonds. The minimum Gasteiger partial charge on any atom is -0.339 e. The van der Waals surface area contributed by atoms with Crippen LogP contribution in [0.4, 0.5) is 0 Å². The highest BCUT2D eigenvalue weighted by atomic mass is 16.2. The van der Waals surface area contributed by atoms with Gasteiger partial charge in [-0.15, -0.1) is 0 Å². The monoisotopic (exact) mass is 330 g/mol. The van der Waals surface area contributed by atoms with Crippen molar-refractivity contribution < 1.29 is 4.79 Å². The fraction of sp³-hybridized carbons (Fsp3) is 0.273. The summed E-state index contributed by atoms with van der Waals surface area (Å²) in [4.78, 5) is 19.9. The summed E-state index contributed by atoms with van der Waals surface area (Å²) in [5, 5.41) is 0.939. The highest BCUT2D eigenvalue weighted by molar-refractivity contribution is 6.07. The molecule has 3 aromatic rings. The summed E-state index contributed by atoms with van der Waals surface area (Å²) in [6.07, 6.45) is 3.41. The lowest BCUT2D eigenvalue weighted by Crippen LogP contribution is -2.35. The average Bonchev–Trinajstić information content (AvgIpc) is 2.68. The van der Waals surface area contributed by atoms with Crippen LogP contribution >= 0.6 is 0 Å². The molecule has 0 aliphatic carbocycles. The molecule has 0 bridgehead atoms. The van der Waals surface area contributed by atoms with Gasteiger partial charge in [0.1, 0.15) is 0 Å². The van der Waals surface area contributed by atoms with E-state index in [4.69, 9.17) is 4.98 Å². The number of amides is 1. The Hall–Kier alpha value is -2.68. The van der Waals surface area contributed by atoms with E-state index in [1.807, 2.05) is 35.2 Å². The number of carbonyl (C=O) groups excluding carboxylic acids is 1. The highest BCUT2D eigenvalue weighted by Crippen LogP contribution is 2.27. The first-order valence-corrected chi connectivity index (χ1v) is 8.98. The van der Waals surface area contributed by atoms with Crippen LogP contribution in [0.15, 0.2) is 54.6 Å². The maximum absolute atomic E-state index is 13.1. The van der Waals surface area contributed by atoms with E-state index in [-0.39, 0.29) is 5.91 Å². The predicted octanol–water partition coefficient (Wildman–Crippen LogP) is 4.84. The van der Waals surface area contributed by atoms with Crippen molar-refractivity contribution in [3.05, 3.63) is 65.7 Å². The Labute approximate surface area is 148 Å². The van der Waals surface area contributed by atoms with Gasteiger partial charge in [0.05, 0.1) is 16.8 Å². The van der Waals surface area contributed by atoms with Crippen LogP contribution in [-0.2, 0) is 0 Å². The highest BCUT2D eigenvalue weighted by Gasteiger charge is 2.21. The third-order valence-electron chi connectivity index (χ3n) is 4.94. The molecule has 3 heteroatoms. The van der Waals surface area contributed by atoms with Gasteiger partial charge in [-0.1, -0.05) is 48.0 Å². The molecule has 4 rings (SSSR count). The third-order valence-corrected chi connectivity index (χ3v) is 4.94. The van der Waals surface area contributed by atoms with Gasteiger partial charge < -0.3 is 4.90 Å². The Bertz CT molecular complexity index is 909. The van der Waals surface area contributed by atoms with Crippen LogP contribution in [0.3, 0.4) is 0 Å². The number of hydrogen-bond donors (Lipinski definition) is 0. The largest absolute Gasteiger partial charge is 0.339 e. The Kier molecular flexibility index (Phi) is 4.22. The molecule has 1 fully saturated rings. The van der Waals surface area contributed by atoms with Gasteiger partial charge in [0.2, 0.25) is 0 Å². The first-order chi connectivity index (χ1) is 12.2. The molecule has 0 N–H and O–H groups in total. The van der Waals surface area contributed by atoms with Crippen LogP contribution in [0.25, 0.3) is 22.2 Å². The maximum atomic E-state index is 13.1. The fourth-order valence-corrected chi connectivity index (χ4v) is 3.49. The van der Waals surface area contributed by atoms with Crippen molar-refractivity contribution in [3.8, 4) is 11.3 Å². The molecule has 2 heterocycles. The fourth-order valence-electron chi connectivity index (χ4n) is 3.49. The second-order valence-corrected chi connectivity index (χ2v) is 6.79. The van der Waals surface area contributed by atoms with Crippen LogP contribution in [0.5, 0.6) is 0 Å². The standard InChI is InChI=1S/C22H22N2O/c1-16-9-11-17(12-10-16)21-15-19(18-7-3-4-8-20(18)23-21)22(25)24-13-5-2-6-14-24/h3-4,7-12,15H,2,5-6,13-14H2,1H3. The SMILES string of the molecule is Cc1ccc(-c2cc(C(=O)N3CCCCC3)c3ccccc3n2)cc1. The number of rotatable bonds is 2. The summed E-state index contributed by atoms with van der Waals surface area (Å²) in [6.45, 7) is 3.79. The van der Waals surface area contributed by atoms with Crippen LogP contribution in [0.1, 0.15) is 35.2 Å². The van der Waals surface area contributed by atoms with Gasteiger partial charge in [-0.05, 0) is 38.3 Å². The molecule has 2 aromatic carbocycles.